The quantitative estimate of drug-likeness (QED) is 0.406. The summed E-state index contributed by atoms with van der Waals surface area (Å²) in [5, 5.41) is 3.07. The molecule has 184 valence electrons. The van der Waals surface area contributed by atoms with Gasteiger partial charge in [-0.25, -0.2) is 0 Å². The van der Waals surface area contributed by atoms with Crippen LogP contribution in [0.3, 0.4) is 0 Å². The predicted octanol–water partition coefficient (Wildman–Crippen LogP) is 4.46. The fourth-order valence-electron chi connectivity index (χ4n) is 4.12. The number of hydrogen-bond acceptors (Lipinski definition) is 10. The molecule has 3 aromatic rings. The van der Waals surface area contributed by atoms with Crippen molar-refractivity contribution in [1.29, 1.82) is 0 Å². The van der Waals surface area contributed by atoms with Crippen molar-refractivity contribution in [3.05, 3.63) is 63.4 Å². The molecule has 0 saturated heterocycles. The van der Waals surface area contributed by atoms with Crippen LogP contribution in [0.1, 0.15) is 53.5 Å². The summed E-state index contributed by atoms with van der Waals surface area (Å²) in [5.41, 5.74) is 3.54. The molecule has 0 bridgehead atoms. The van der Waals surface area contributed by atoms with Crippen LogP contribution in [-0.4, -0.2) is 28.7 Å². The van der Waals surface area contributed by atoms with E-state index in [0.29, 0.717) is 12.2 Å². The number of carbonyl (C=O) groups is 2. The van der Waals surface area contributed by atoms with E-state index in [9.17, 15) is 9.59 Å². The number of fused-ring (bicyclic) bond motifs is 2. The molecule has 0 amide bonds. The highest BCUT2D eigenvalue weighted by Crippen LogP contribution is 2.63. The number of hydrogen-bond donors (Lipinski definition) is 1. The molecule has 1 aliphatic heterocycles. The zero-order valence-electron chi connectivity index (χ0n) is 20.1. The number of nitrogens with zero attached hydrogens (tertiary/aromatic N) is 2. The number of Topliss-reactive ketones (excluding diaryl/α,β-unsaturated/α-hetero) is 1. The average Bonchev–Trinajstić information content (AvgIpc) is 3.51. The monoisotopic (exact) mass is 505 g/mol. The number of anilines is 1. The molecule has 10 heteroatoms. The lowest BCUT2D eigenvalue weighted by Gasteiger charge is -2.31. The van der Waals surface area contributed by atoms with Gasteiger partial charge in [-0.1, -0.05) is 24.3 Å². The first-order valence-corrected chi connectivity index (χ1v) is 12.1. The number of aryl methyl sites for hydroxylation is 2. The van der Waals surface area contributed by atoms with Gasteiger partial charge < -0.3 is 23.9 Å². The van der Waals surface area contributed by atoms with Crippen molar-refractivity contribution in [3.63, 3.8) is 0 Å². The summed E-state index contributed by atoms with van der Waals surface area (Å²) in [6, 6.07) is 7.86. The second-order valence-corrected chi connectivity index (χ2v) is 9.36. The van der Waals surface area contributed by atoms with E-state index in [2.05, 4.69) is 26.5 Å². The molecule has 0 radical (unpaired) electrons. The average molecular weight is 506 g/mol. The number of ketones is 1. The van der Waals surface area contributed by atoms with Crippen LogP contribution in [0.2, 0.25) is 0 Å². The highest BCUT2D eigenvalue weighted by atomic mass is 32.1. The zero-order valence-corrected chi connectivity index (χ0v) is 20.9. The molecule has 2 aliphatic carbocycles. The fraction of sp³-hybridized carbons (Fsp3) is 0.308. The maximum Gasteiger partial charge on any atom is 0.358 e. The van der Waals surface area contributed by atoms with E-state index >= 15 is 0 Å². The summed E-state index contributed by atoms with van der Waals surface area (Å²) >= 11 is 1.30. The minimum absolute atomic E-state index is 0.00835. The Balaban J connectivity index is 0.000000189. The Morgan fingerprint density at radius 3 is 2.69 bits per heavy atom. The lowest BCUT2D eigenvalue weighted by molar-refractivity contribution is -0.133. The molecule has 3 heterocycles. The van der Waals surface area contributed by atoms with E-state index in [1.807, 2.05) is 52.1 Å². The van der Waals surface area contributed by atoms with Gasteiger partial charge >= 0.3 is 11.8 Å². The van der Waals surface area contributed by atoms with Crippen LogP contribution in [0.5, 0.6) is 11.8 Å². The van der Waals surface area contributed by atoms with E-state index in [1.165, 1.54) is 11.5 Å². The number of nitrogens with one attached hydrogen (secondary N) is 1. The molecule has 1 saturated carbocycles. The van der Waals surface area contributed by atoms with Gasteiger partial charge in [0.05, 0.1) is 16.8 Å². The van der Waals surface area contributed by atoms with Crippen LogP contribution in [0.25, 0.3) is 0 Å². The van der Waals surface area contributed by atoms with Crippen molar-refractivity contribution in [2.24, 2.45) is 5.41 Å². The van der Waals surface area contributed by atoms with Gasteiger partial charge in [-0.05, 0) is 68.1 Å². The van der Waals surface area contributed by atoms with Crippen molar-refractivity contribution in [2.75, 3.05) is 12.4 Å². The summed E-state index contributed by atoms with van der Waals surface area (Å²) in [5.74, 6) is 7.13. The van der Waals surface area contributed by atoms with Crippen molar-refractivity contribution in [1.82, 2.24) is 9.36 Å². The third-order valence-corrected chi connectivity index (χ3v) is 7.13. The molecule has 1 aromatic carbocycles. The number of allylic oxidation sites excluding steroid dienone is 2. The standard InChI is InChI=1S/C16H11N3O4S.C10H12O2/c1-7-10(17-2)8(24-19-7)3-4-9-18-14-15(21-9)22-11-12(20)16(5-6-16)13(11)23-14;1-8-5-3-4-6-10(8)9(2)12-7-11/h17H,5-6H2,1-2H3;3-7,9H,1-2H3. The molecule has 1 spiro atoms. The minimum Gasteiger partial charge on any atom is -0.460 e. The molecular weight excluding hydrogens is 482 g/mol. The van der Waals surface area contributed by atoms with Gasteiger partial charge in [0.1, 0.15) is 11.0 Å². The van der Waals surface area contributed by atoms with Gasteiger partial charge in [0, 0.05) is 7.05 Å². The second kappa shape index (κ2) is 9.17. The number of carbonyl (C=O) groups excluding carboxylic acids is 2. The van der Waals surface area contributed by atoms with Crippen LogP contribution in [0, 0.1) is 31.1 Å². The van der Waals surface area contributed by atoms with Crippen LogP contribution in [0.15, 0.2) is 40.2 Å². The molecule has 1 N–H and O–H groups in total. The van der Waals surface area contributed by atoms with Crippen molar-refractivity contribution in [3.8, 4) is 23.7 Å². The first-order valence-electron chi connectivity index (χ1n) is 11.3. The Kier molecular flexibility index (Phi) is 6.02. The SMILES string of the molecule is CNc1c(C)nsc1C#Cc1nc2c(o1)OC1=C(O2)C2(CC2)C1=O.Cc1ccccc1C(C)OC=O. The maximum absolute atomic E-state index is 12.0. The Morgan fingerprint density at radius 1 is 1.22 bits per heavy atom. The third kappa shape index (κ3) is 4.01. The lowest BCUT2D eigenvalue weighted by Crippen LogP contribution is -2.40. The third-order valence-electron chi connectivity index (χ3n) is 6.27. The predicted molar refractivity (Wildman–Crippen MR) is 131 cm³/mol. The highest BCUT2D eigenvalue weighted by molar-refractivity contribution is 7.07. The van der Waals surface area contributed by atoms with Gasteiger partial charge in [-0.15, -0.1) is 0 Å². The largest absolute Gasteiger partial charge is 0.460 e. The maximum atomic E-state index is 12.0. The van der Waals surface area contributed by atoms with Crippen LogP contribution in [0.4, 0.5) is 5.69 Å². The van der Waals surface area contributed by atoms with Crippen LogP contribution >= 0.6 is 11.5 Å². The van der Waals surface area contributed by atoms with Crippen LogP contribution in [-0.2, 0) is 14.3 Å². The van der Waals surface area contributed by atoms with E-state index < -0.39 is 5.41 Å². The van der Waals surface area contributed by atoms with Crippen molar-refractivity contribution in [2.45, 2.75) is 39.7 Å². The second-order valence-electron chi connectivity index (χ2n) is 8.59. The minimum atomic E-state index is -0.445. The Bertz CT molecular complexity index is 1450. The van der Waals surface area contributed by atoms with Crippen LogP contribution < -0.4 is 14.8 Å². The van der Waals surface area contributed by atoms with Gasteiger partial charge in [0.15, 0.2) is 5.76 Å². The topological polar surface area (TPSA) is 113 Å². The number of rotatable bonds is 4. The summed E-state index contributed by atoms with van der Waals surface area (Å²) in [6.45, 7) is 6.25. The Morgan fingerprint density at radius 2 is 2.00 bits per heavy atom. The molecule has 1 fully saturated rings. The summed E-state index contributed by atoms with van der Waals surface area (Å²) in [6.07, 6.45) is 1.47. The Labute approximate surface area is 211 Å². The molecular formula is C26H23N3O6S. The van der Waals surface area contributed by atoms with Gasteiger partial charge in [-0.2, -0.15) is 9.36 Å². The molecule has 2 aromatic heterocycles. The first kappa shape index (κ1) is 23.6. The lowest BCUT2D eigenvalue weighted by atomic mass is 9.84. The summed E-state index contributed by atoms with van der Waals surface area (Å²) in [7, 11) is 1.82. The molecule has 1 atom stereocenters. The fourth-order valence-corrected chi connectivity index (χ4v) is 4.87. The van der Waals surface area contributed by atoms with Crippen molar-refractivity contribution >= 4 is 29.5 Å². The van der Waals surface area contributed by atoms with Gasteiger partial charge in [0.25, 0.3) is 12.4 Å². The Hall–Kier alpha value is -4.10. The number of benzene rings is 1. The smallest absolute Gasteiger partial charge is 0.358 e. The highest BCUT2D eigenvalue weighted by Gasteiger charge is 2.67. The van der Waals surface area contributed by atoms with E-state index in [4.69, 9.17) is 18.6 Å². The molecule has 3 aliphatic rings. The summed E-state index contributed by atoms with van der Waals surface area (Å²) in [4.78, 5) is 27.1. The summed E-state index contributed by atoms with van der Waals surface area (Å²) < 4.78 is 25.7. The molecule has 6 rings (SSSR count). The number of aromatic nitrogens is 2. The van der Waals surface area contributed by atoms with E-state index in [0.717, 1.165) is 40.2 Å². The normalized spacial score (nSPS) is 16.5. The van der Waals surface area contributed by atoms with E-state index in [-0.39, 0.29) is 35.4 Å². The van der Waals surface area contributed by atoms with E-state index in [1.54, 1.807) is 0 Å². The van der Waals surface area contributed by atoms with Gasteiger partial charge in [0.2, 0.25) is 11.5 Å². The molecule has 36 heavy (non-hydrogen) atoms. The number of oxazole rings is 1. The molecule has 9 nitrogen and oxygen atoms in total. The first-order chi connectivity index (χ1) is 17.4. The molecule has 1 unspecified atom stereocenters. The number of ether oxygens (including phenoxy) is 3. The van der Waals surface area contributed by atoms with Gasteiger partial charge in [-0.3, -0.25) is 9.59 Å². The zero-order chi connectivity index (χ0) is 25.4. The van der Waals surface area contributed by atoms with Crippen molar-refractivity contribution < 1.29 is 28.2 Å².